The fourth-order valence-electron chi connectivity index (χ4n) is 0.679. The summed E-state index contributed by atoms with van der Waals surface area (Å²) in [6.07, 6.45) is 0. The normalized spacial score (nSPS) is 8.69. The van der Waals surface area contributed by atoms with Crippen molar-refractivity contribution in [2.45, 2.75) is 0 Å². The van der Waals surface area contributed by atoms with E-state index in [4.69, 9.17) is 21.9 Å². The van der Waals surface area contributed by atoms with Gasteiger partial charge in [0.15, 0.2) is 0 Å². The Balaban J connectivity index is 2.71. The summed E-state index contributed by atoms with van der Waals surface area (Å²) >= 11 is 5.19. The van der Waals surface area contributed by atoms with Gasteiger partial charge in [0.25, 0.3) is 0 Å². The summed E-state index contributed by atoms with van der Waals surface area (Å²) in [6, 6.07) is 8.34. The molecule has 0 aliphatic rings. The summed E-state index contributed by atoms with van der Waals surface area (Å²) in [5, 5.41) is -0.608. The van der Waals surface area contributed by atoms with Crippen LogP contribution in [0.25, 0.3) is 5.53 Å². The predicted molar refractivity (Wildman–Crippen MR) is 46.6 cm³/mol. The minimum absolute atomic E-state index is 0.342. The van der Waals surface area contributed by atoms with Crippen molar-refractivity contribution in [1.82, 2.24) is 0 Å². The first-order valence-electron chi connectivity index (χ1n) is 3.39. The van der Waals surface area contributed by atoms with Crippen LogP contribution in [0.5, 0.6) is 5.75 Å². The van der Waals surface area contributed by atoms with E-state index in [0.29, 0.717) is 5.75 Å². The van der Waals surface area contributed by atoms with Crippen molar-refractivity contribution in [3.05, 3.63) is 35.9 Å². The fraction of sp³-hybridized carbons (Fsp3) is 0. The molecule has 0 N–H and O–H groups in total. The second kappa shape index (κ2) is 4.40. The molecule has 0 saturated carbocycles. The average Bonchev–Trinajstić information content (AvgIpc) is 2.18. The Morgan fingerprint density at radius 2 is 2.00 bits per heavy atom. The Kier molecular flexibility index (Phi) is 3.20. The second-order valence-electron chi connectivity index (χ2n) is 2.09. The van der Waals surface area contributed by atoms with Gasteiger partial charge in [-0.25, -0.2) is 4.79 Å². The van der Waals surface area contributed by atoms with E-state index in [1.807, 2.05) is 0 Å². The van der Waals surface area contributed by atoms with E-state index in [1.165, 1.54) is 0 Å². The molecule has 1 aromatic carbocycles. The van der Waals surface area contributed by atoms with Crippen LogP contribution >= 0.6 is 11.6 Å². The topological polar surface area (TPSA) is 62.7 Å². The number of ether oxygens (including phenoxy) is 1. The zero-order valence-electron chi connectivity index (χ0n) is 6.48. The number of halogens is 1. The molecule has 0 aromatic heterocycles. The first-order valence-corrected chi connectivity index (χ1v) is 3.76. The van der Waals surface area contributed by atoms with Crippen LogP contribution in [0.1, 0.15) is 0 Å². The molecule has 0 unspecified atom stereocenters. The van der Waals surface area contributed by atoms with Crippen molar-refractivity contribution in [1.29, 1.82) is 0 Å². The number of hydrogen-bond donors (Lipinski definition) is 0. The largest absolute Gasteiger partial charge is 0.468 e. The Bertz CT molecular complexity index is 358. The molecule has 5 heteroatoms. The molecule has 0 aliphatic heterocycles. The molecule has 0 radical (unpaired) electrons. The molecule has 0 saturated heterocycles. The summed E-state index contributed by atoms with van der Waals surface area (Å²) in [6.45, 7) is 0. The standard InChI is InChI=1S/C8H5ClN2O2/c9-7(11-10)8(12)13-6-4-2-1-3-5-6/h1-5H. The number of nitrogens with zero attached hydrogens (tertiary/aromatic N) is 2. The van der Waals surface area contributed by atoms with Gasteiger partial charge in [-0.05, 0) is 12.1 Å². The van der Waals surface area contributed by atoms with E-state index < -0.39 is 11.1 Å². The summed E-state index contributed by atoms with van der Waals surface area (Å²) in [7, 11) is 0. The lowest BCUT2D eigenvalue weighted by molar-refractivity contribution is -0.130. The van der Waals surface area contributed by atoms with Crippen LogP contribution in [-0.2, 0) is 4.79 Å². The van der Waals surface area contributed by atoms with Crippen molar-refractivity contribution >= 4 is 22.7 Å². The van der Waals surface area contributed by atoms with Crippen LogP contribution in [0.4, 0.5) is 0 Å². The van der Waals surface area contributed by atoms with Gasteiger partial charge in [0.2, 0.25) is 0 Å². The first kappa shape index (κ1) is 9.45. The molecule has 66 valence electrons. The number of carbonyl (C=O) groups is 1. The lowest BCUT2D eigenvalue weighted by Gasteiger charge is -1.96. The highest BCUT2D eigenvalue weighted by molar-refractivity contribution is 6.80. The SMILES string of the molecule is [N-]=[N+]=C(Cl)C(=O)Oc1ccccc1. The Hall–Kier alpha value is -1.64. The Morgan fingerprint density at radius 3 is 2.54 bits per heavy atom. The maximum absolute atomic E-state index is 10.9. The summed E-state index contributed by atoms with van der Waals surface area (Å²) in [4.78, 5) is 13.4. The molecular weight excluding hydrogens is 192 g/mol. The Morgan fingerprint density at radius 1 is 1.38 bits per heavy atom. The van der Waals surface area contributed by atoms with E-state index in [0.717, 1.165) is 0 Å². The lowest BCUT2D eigenvalue weighted by Crippen LogP contribution is -2.16. The van der Waals surface area contributed by atoms with Gasteiger partial charge in [0.1, 0.15) is 5.75 Å². The number of rotatable bonds is 2. The van der Waals surface area contributed by atoms with Crippen LogP contribution in [0, 0.1) is 0 Å². The quantitative estimate of drug-likeness (QED) is 0.236. The summed E-state index contributed by atoms with van der Waals surface area (Å²) in [5.74, 6) is -0.551. The van der Waals surface area contributed by atoms with E-state index in [2.05, 4.69) is 4.79 Å². The number of para-hydroxylation sites is 1. The van der Waals surface area contributed by atoms with Crippen molar-refractivity contribution in [3.63, 3.8) is 0 Å². The monoisotopic (exact) mass is 196 g/mol. The number of hydrogen-bond acceptors (Lipinski definition) is 2. The molecule has 0 bridgehead atoms. The van der Waals surface area contributed by atoms with Crippen LogP contribution in [-0.4, -0.2) is 15.9 Å². The second-order valence-corrected chi connectivity index (χ2v) is 2.45. The number of carbonyl (C=O) groups excluding carboxylic acids is 1. The maximum Gasteiger partial charge on any atom is 0.468 e. The van der Waals surface area contributed by atoms with Crippen molar-refractivity contribution in [2.24, 2.45) is 0 Å². The molecule has 0 fully saturated rings. The van der Waals surface area contributed by atoms with E-state index in [9.17, 15) is 4.79 Å². The van der Waals surface area contributed by atoms with Crippen molar-refractivity contribution in [2.75, 3.05) is 0 Å². The molecule has 0 spiro atoms. The zero-order valence-corrected chi connectivity index (χ0v) is 7.23. The van der Waals surface area contributed by atoms with Gasteiger partial charge >= 0.3 is 11.1 Å². The van der Waals surface area contributed by atoms with Crippen LogP contribution in [0.3, 0.4) is 0 Å². The molecule has 13 heavy (non-hydrogen) atoms. The molecular formula is C8H5ClN2O2. The third-order valence-electron chi connectivity index (χ3n) is 1.21. The predicted octanol–water partition coefficient (Wildman–Crippen LogP) is 1.46. The van der Waals surface area contributed by atoms with Crippen molar-refractivity contribution in [3.8, 4) is 5.75 Å². The first-order chi connectivity index (χ1) is 6.24. The lowest BCUT2D eigenvalue weighted by atomic mass is 10.3. The molecule has 1 rings (SSSR count). The fourth-order valence-corrected chi connectivity index (χ4v) is 0.717. The average molecular weight is 197 g/mol. The van der Waals surface area contributed by atoms with E-state index >= 15 is 0 Å². The van der Waals surface area contributed by atoms with Gasteiger partial charge in [-0.2, -0.15) is 0 Å². The van der Waals surface area contributed by atoms with Gasteiger partial charge in [0, 0.05) is 11.6 Å². The maximum atomic E-state index is 10.9. The highest BCUT2D eigenvalue weighted by Gasteiger charge is 2.18. The van der Waals surface area contributed by atoms with Gasteiger partial charge < -0.3 is 10.3 Å². The zero-order chi connectivity index (χ0) is 9.68. The van der Waals surface area contributed by atoms with Gasteiger partial charge in [-0.3, -0.25) is 0 Å². The van der Waals surface area contributed by atoms with E-state index in [1.54, 1.807) is 30.3 Å². The van der Waals surface area contributed by atoms with Crippen LogP contribution < -0.4 is 4.74 Å². The third kappa shape index (κ3) is 2.71. The summed E-state index contributed by atoms with van der Waals surface area (Å²) < 4.78 is 4.71. The Labute approximate surface area is 79.3 Å². The highest BCUT2D eigenvalue weighted by atomic mass is 35.5. The molecule has 0 atom stereocenters. The smallest absolute Gasteiger partial charge is 0.417 e. The number of benzene rings is 1. The third-order valence-corrected chi connectivity index (χ3v) is 1.44. The number of esters is 1. The van der Waals surface area contributed by atoms with Gasteiger partial charge in [-0.1, -0.05) is 18.2 Å². The van der Waals surface area contributed by atoms with Crippen LogP contribution in [0.15, 0.2) is 30.3 Å². The minimum Gasteiger partial charge on any atom is -0.417 e. The highest BCUT2D eigenvalue weighted by Crippen LogP contribution is 2.08. The molecule has 0 aliphatic carbocycles. The minimum atomic E-state index is -0.893. The molecule has 1 aromatic rings. The van der Waals surface area contributed by atoms with Gasteiger partial charge in [-0.15, -0.1) is 4.79 Å². The van der Waals surface area contributed by atoms with E-state index in [-0.39, 0.29) is 0 Å². The molecule has 0 heterocycles. The van der Waals surface area contributed by atoms with Gasteiger partial charge in [0.05, 0.1) is 0 Å². The van der Waals surface area contributed by atoms with Crippen LogP contribution in [0.2, 0.25) is 0 Å². The molecule has 0 amide bonds. The summed E-state index contributed by atoms with van der Waals surface area (Å²) in [5.41, 5.74) is 8.14. The molecule has 4 nitrogen and oxygen atoms in total. The van der Waals surface area contributed by atoms with Crippen molar-refractivity contribution < 1.29 is 14.3 Å².